The Morgan fingerprint density at radius 3 is 2.56 bits per heavy atom. The zero-order valence-electron chi connectivity index (χ0n) is 9.26. The maximum absolute atomic E-state index is 4.25. The van der Waals surface area contributed by atoms with Crippen molar-refractivity contribution in [2.75, 3.05) is 11.9 Å². The van der Waals surface area contributed by atoms with Gasteiger partial charge in [-0.15, -0.1) is 12.4 Å². The smallest absolute Gasteiger partial charge is 0.147 e. The maximum Gasteiger partial charge on any atom is 0.147 e. The van der Waals surface area contributed by atoms with E-state index in [1.165, 1.54) is 5.56 Å². The van der Waals surface area contributed by atoms with Gasteiger partial charge in [-0.05, 0) is 12.0 Å². The largest absolute Gasteiger partial charge is 0.368 e. The van der Waals surface area contributed by atoms with Crippen molar-refractivity contribution in [3.63, 3.8) is 0 Å². The van der Waals surface area contributed by atoms with Crippen molar-refractivity contribution in [1.82, 2.24) is 9.78 Å². The van der Waals surface area contributed by atoms with Gasteiger partial charge in [-0.2, -0.15) is 5.10 Å². The van der Waals surface area contributed by atoms with E-state index in [1.54, 1.807) is 4.68 Å². The second-order valence-corrected chi connectivity index (χ2v) is 3.54. The van der Waals surface area contributed by atoms with E-state index in [0.717, 1.165) is 18.8 Å². The van der Waals surface area contributed by atoms with Crippen LogP contribution in [0.2, 0.25) is 0 Å². The first-order valence-corrected chi connectivity index (χ1v) is 5.12. The van der Waals surface area contributed by atoms with Crippen LogP contribution in [0.15, 0.2) is 42.6 Å². The first-order valence-electron chi connectivity index (χ1n) is 5.12. The lowest BCUT2D eigenvalue weighted by molar-refractivity contribution is 0.768. The van der Waals surface area contributed by atoms with E-state index >= 15 is 0 Å². The Morgan fingerprint density at radius 2 is 1.94 bits per heavy atom. The standard InChI is InChI=1S/C12H15N3.ClH/c1-15-10-8-12(14-15)13-9-7-11-5-3-2-4-6-11;/h2-6,8,10H,7,9H2,1H3,(H,13,14);1H. The van der Waals surface area contributed by atoms with E-state index in [2.05, 4.69) is 34.7 Å². The van der Waals surface area contributed by atoms with Gasteiger partial charge in [0.1, 0.15) is 5.82 Å². The SMILES string of the molecule is Cl.Cn1ccc(NCCc2ccccc2)n1. The van der Waals surface area contributed by atoms with Crippen LogP contribution < -0.4 is 5.32 Å². The normalized spacial score (nSPS) is 9.56. The molecule has 0 fully saturated rings. The predicted molar refractivity (Wildman–Crippen MR) is 69.1 cm³/mol. The molecular formula is C12H16ClN3. The fourth-order valence-electron chi connectivity index (χ4n) is 1.49. The molecule has 0 aliphatic heterocycles. The third-order valence-electron chi connectivity index (χ3n) is 2.28. The van der Waals surface area contributed by atoms with Crippen LogP contribution in [0.4, 0.5) is 5.82 Å². The Balaban J connectivity index is 0.00000128. The maximum atomic E-state index is 4.25. The minimum absolute atomic E-state index is 0. The number of halogens is 1. The Kier molecular flexibility index (Phi) is 4.86. The van der Waals surface area contributed by atoms with Gasteiger partial charge in [0, 0.05) is 25.9 Å². The summed E-state index contributed by atoms with van der Waals surface area (Å²) in [6, 6.07) is 12.4. The van der Waals surface area contributed by atoms with Crippen LogP contribution in [-0.2, 0) is 13.5 Å². The number of rotatable bonds is 4. The highest BCUT2D eigenvalue weighted by molar-refractivity contribution is 5.85. The zero-order valence-corrected chi connectivity index (χ0v) is 10.1. The molecular weight excluding hydrogens is 222 g/mol. The summed E-state index contributed by atoms with van der Waals surface area (Å²) in [6.45, 7) is 0.918. The quantitative estimate of drug-likeness (QED) is 0.886. The van der Waals surface area contributed by atoms with Crippen LogP contribution in [0.3, 0.4) is 0 Å². The molecule has 0 unspecified atom stereocenters. The van der Waals surface area contributed by atoms with Crippen molar-refractivity contribution in [2.24, 2.45) is 7.05 Å². The number of anilines is 1. The van der Waals surface area contributed by atoms with Crippen LogP contribution in [0.25, 0.3) is 0 Å². The van der Waals surface area contributed by atoms with Crippen molar-refractivity contribution >= 4 is 18.2 Å². The van der Waals surface area contributed by atoms with Gasteiger partial charge in [0.05, 0.1) is 0 Å². The molecule has 0 bridgehead atoms. The molecule has 0 saturated heterocycles. The average Bonchev–Trinajstić information content (AvgIpc) is 2.66. The molecule has 0 radical (unpaired) electrons. The highest BCUT2D eigenvalue weighted by atomic mass is 35.5. The predicted octanol–water partition coefficient (Wildman–Crippen LogP) is 2.50. The topological polar surface area (TPSA) is 29.9 Å². The summed E-state index contributed by atoms with van der Waals surface area (Å²) in [5.74, 6) is 0.938. The fraction of sp³-hybridized carbons (Fsp3) is 0.250. The Hall–Kier alpha value is -1.48. The Bertz CT molecular complexity index is 411. The van der Waals surface area contributed by atoms with Gasteiger partial charge in [0.25, 0.3) is 0 Å². The third kappa shape index (κ3) is 3.59. The van der Waals surface area contributed by atoms with Crippen molar-refractivity contribution in [2.45, 2.75) is 6.42 Å². The first-order chi connectivity index (χ1) is 7.34. The highest BCUT2D eigenvalue weighted by Gasteiger charge is 1.95. The summed E-state index contributed by atoms with van der Waals surface area (Å²) in [6.07, 6.45) is 2.96. The van der Waals surface area contributed by atoms with Crippen molar-refractivity contribution in [3.05, 3.63) is 48.2 Å². The molecule has 0 aliphatic rings. The third-order valence-corrected chi connectivity index (χ3v) is 2.28. The molecule has 2 aromatic rings. The van der Waals surface area contributed by atoms with E-state index in [4.69, 9.17) is 0 Å². The van der Waals surface area contributed by atoms with Crippen molar-refractivity contribution in [3.8, 4) is 0 Å². The molecule has 0 spiro atoms. The summed E-state index contributed by atoms with van der Waals surface area (Å²) >= 11 is 0. The lowest BCUT2D eigenvalue weighted by atomic mass is 10.1. The van der Waals surface area contributed by atoms with Crippen molar-refractivity contribution in [1.29, 1.82) is 0 Å². The van der Waals surface area contributed by atoms with E-state index < -0.39 is 0 Å². The van der Waals surface area contributed by atoms with Gasteiger partial charge in [-0.25, -0.2) is 0 Å². The number of nitrogens with one attached hydrogen (secondary N) is 1. The number of hydrogen-bond acceptors (Lipinski definition) is 2. The van der Waals surface area contributed by atoms with Crippen LogP contribution >= 0.6 is 12.4 Å². The molecule has 0 aliphatic carbocycles. The van der Waals surface area contributed by atoms with E-state index in [-0.39, 0.29) is 12.4 Å². The van der Waals surface area contributed by atoms with Crippen LogP contribution in [-0.4, -0.2) is 16.3 Å². The molecule has 4 heteroatoms. The number of benzene rings is 1. The molecule has 1 aromatic carbocycles. The molecule has 86 valence electrons. The summed E-state index contributed by atoms with van der Waals surface area (Å²) in [7, 11) is 1.92. The zero-order chi connectivity index (χ0) is 10.5. The van der Waals surface area contributed by atoms with Crippen LogP contribution in [0, 0.1) is 0 Å². The molecule has 1 heterocycles. The Morgan fingerprint density at radius 1 is 1.19 bits per heavy atom. The first kappa shape index (κ1) is 12.6. The van der Waals surface area contributed by atoms with Gasteiger partial charge in [0.2, 0.25) is 0 Å². The van der Waals surface area contributed by atoms with Gasteiger partial charge in [0.15, 0.2) is 0 Å². The minimum atomic E-state index is 0. The molecule has 1 N–H and O–H groups in total. The van der Waals surface area contributed by atoms with Gasteiger partial charge in [-0.3, -0.25) is 4.68 Å². The number of nitrogens with zero attached hydrogens (tertiary/aromatic N) is 2. The molecule has 0 atom stereocenters. The van der Waals surface area contributed by atoms with E-state index in [1.807, 2.05) is 25.4 Å². The summed E-state index contributed by atoms with van der Waals surface area (Å²) < 4.78 is 1.80. The van der Waals surface area contributed by atoms with Gasteiger partial charge in [-0.1, -0.05) is 30.3 Å². The monoisotopic (exact) mass is 237 g/mol. The lowest BCUT2D eigenvalue weighted by Gasteiger charge is -2.02. The fourth-order valence-corrected chi connectivity index (χ4v) is 1.49. The molecule has 3 nitrogen and oxygen atoms in total. The second-order valence-electron chi connectivity index (χ2n) is 3.54. The van der Waals surface area contributed by atoms with Gasteiger partial charge < -0.3 is 5.32 Å². The number of aryl methyl sites for hydroxylation is 1. The minimum Gasteiger partial charge on any atom is -0.368 e. The molecule has 1 aromatic heterocycles. The Labute approximate surface area is 102 Å². The number of aromatic nitrogens is 2. The summed E-state index contributed by atoms with van der Waals surface area (Å²) in [5, 5.41) is 7.53. The van der Waals surface area contributed by atoms with E-state index in [9.17, 15) is 0 Å². The van der Waals surface area contributed by atoms with Crippen LogP contribution in [0.1, 0.15) is 5.56 Å². The van der Waals surface area contributed by atoms with Gasteiger partial charge >= 0.3 is 0 Å². The van der Waals surface area contributed by atoms with E-state index in [0.29, 0.717) is 0 Å². The summed E-state index contributed by atoms with van der Waals surface area (Å²) in [5.41, 5.74) is 1.35. The van der Waals surface area contributed by atoms with Crippen LogP contribution in [0.5, 0.6) is 0 Å². The molecule has 16 heavy (non-hydrogen) atoms. The van der Waals surface area contributed by atoms with Crippen molar-refractivity contribution < 1.29 is 0 Å². The molecule has 0 amide bonds. The second kappa shape index (κ2) is 6.18. The number of hydrogen-bond donors (Lipinski definition) is 1. The average molecular weight is 238 g/mol. The molecule has 0 saturated carbocycles. The highest BCUT2D eigenvalue weighted by Crippen LogP contribution is 2.03. The molecule has 2 rings (SSSR count). The lowest BCUT2D eigenvalue weighted by Crippen LogP contribution is -2.05. The summed E-state index contributed by atoms with van der Waals surface area (Å²) in [4.78, 5) is 0.